The summed E-state index contributed by atoms with van der Waals surface area (Å²) >= 11 is 0. The first-order valence-electron chi connectivity index (χ1n) is 8.82. The molecule has 0 aromatic carbocycles. The zero-order valence-corrected chi connectivity index (χ0v) is 13.9. The van der Waals surface area contributed by atoms with E-state index in [1.807, 2.05) is 0 Å². The molecule has 3 unspecified atom stereocenters. The van der Waals surface area contributed by atoms with Crippen molar-refractivity contribution >= 4 is 0 Å². The quantitative estimate of drug-likeness (QED) is 0.840. The fraction of sp³-hybridized carbons (Fsp3) is 1.00. The molecule has 2 rings (SSSR count). The number of nitrogens with two attached hydrogens (primary N) is 1. The molecule has 1 aliphatic carbocycles. The van der Waals surface area contributed by atoms with E-state index < -0.39 is 0 Å². The Hall–Kier alpha value is -0.120. The maximum Gasteiger partial charge on any atom is 0.0250 e. The average Bonchev–Trinajstić information content (AvgIpc) is 2.42. The fourth-order valence-electron chi connectivity index (χ4n) is 4.14. The Morgan fingerprint density at radius 3 is 2.40 bits per heavy atom. The Labute approximate surface area is 125 Å². The van der Waals surface area contributed by atoms with Crippen LogP contribution in [0.2, 0.25) is 0 Å². The molecule has 2 aliphatic rings. The highest BCUT2D eigenvalue weighted by Crippen LogP contribution is 2.30. The minimum Gasteiger partial charge on any atom is -0.326 e. The van der Waals surface area contributed by atoms with Gasteiger partial charge in [0.2, 0.25) is 0 Å². The molecule has 3 heteroatoms. The average molecular weight is 281 g/mol. The second kappa shape index (κ2) is 7.77. The lowest BCUT2D eigenvalue weighted by atomic mass is 9.79. The third kappa shape index (κ3) is 4.44. The molecule has 1 aliphatic heterocycles. The highest BCUT2D eigenvalue weighted by atomic mass is 15.3. The van der Waals surface area contributed by atoms with Gasteiger partial charge in [-0.3, -0.25) is 4.90 Å². The van der Waals surface area contributed by atoms with Gasteiger partial charge in [0.05, 0.1) is 0 Å². The van der Waals surface area contributed by atoms with Gasteiger partial charge in [-0.05, 0) is 31.1 Å². The van der Waals surface area contributed by atoms with Crippen LogP contribution in [-0.4, -0.2) is 54.6 Å². The minimum absolute atomic E-state index is 0.416. The van der Waals surface area contributed by atoms with Crippen LogP contribution in [0, 0.1) is 11.8 Å². The molecule has 1 saturated heterocycles. The van der Waals surface area contributed by atoms with Crippen LogP contribution < -0.4 is 5.73 Å². The molecule has 1 saturated carbocycles. The van der Waals surface area contributed by atoms with Crippen LogP contribution in [0.1, 0.15) is 52.9 Å². The first-order chi connectivity index (χ1) is 9.60. The monoisotopic (exact) mass is 281 g/mol. The molecule has 3 nitrogen and oxygen atoms in total. The lowest BCUT2D eigenvalue weighted by Crippen LogP contribution is -2.57. The van der Waals surface area contributed by atoms with Crippen LogP contribution in [0.15, 0.2) is 0 Å². The van der Waals surface area contributed by atoms with Gasteiger partial charge < -0.3 is 10.6 Å². The van der Waals surface area contributed by atoms with Gasteiger partial charge >= 0.3 is 0 Å². The van der Waals surface area contributed by atoms with Gasteiger partial charge in [-0.1, -0.05) is 33.6 Å². The molecular weight excluding hydrogens is 246 g/mol. The Bertz CT molecular complexity index is 271. The van der Waals surface area contributed by atoms with Crippen molar-refractivity contribution in [2.45, 2.75) is 65.0 Å². The van der Waals surface area contributed by atoms with E-state index in [1.165, 1.54) is 64.8 Å². The highest BCUT2D eigenvalue weighted by Gasteiger charge is 2.33. The third-order valence-corrected chi connectivity index (χ3v) is 5.17. The van der Waals surface area contributed by atoms with Crippen LogP contribution in [0.3, 0.4) is 0 Å². The minimum atomic E-state index is 0.416. The number of hydrogen-bond donors (Lipinski definition) is 1. The molecule has 0 aromatic rings. The standard InChI is InChI=1S/C17H35N3/c1-4-5-15-6-7-16(18)17(12-15)20-10-8-19(9-11-20)13-14(2)3/h14-17H,4-13,18H2,1-3H3. The van der Waals surface area contributed by atoms with Crippen molar-refractivity contribution in [3.8, 4) is 0 Å². The first-order valence-corrected chi connectivity index (χ1v) is 8.82. The van der Waals surface area contributed by atoms with Gasteiger partial charge in [0.1, 0.15) is 0 Å². The Morgan fingerprint density at radius 2 is 1.80 bits per heavy atom. The van der Waals surface area contributed by atoms with Gasteiger partial charge in [-0.15, -0.1) is 0 Å². The predicted molar refractivity (Wildman–Crippen MR) is 86.9 cm³/mol. The molecule has 0 radical (unpaired) electrons. The van der Waals surface area contributed by atoms with E-state index in [1.54, 1.807) is 0 Å². The van der Waals surface area contributed by atoms with E-state index in [2.05, 4.69) is 30.6 Å². The number of piperazine rings is 1. The summed E-state index contributed by atoms with van der Waals surface area (Å²) in [6.07, 6.45) is 6.67. The molecule has 0 spiro atoms. The van der Waals surface area contributed by atoms with Crippen molar-refractivity contribution in [2.75, 3.05) is 32.7 Å². The van der Waals surface area contributed by atoms with Crippen molar-refractivity contribution in [3.05, 3.63) is 0 Å². The van der Waals surface area contributed by atoms with Gasteiger partial charge in [0.25, 0.3) is 0 Å². The van der Waals surface area contributed by atoms with Crippen LogP contribution >= 0.6 is 0 Å². The van der Waals surface area contributed by atoms with Crippen molar-refractivity contribution in [2.24, 2.45) is 17.6 Å². The van der Waals surface area contributed by atoms with E-state index >= 15 is 0 Å². The van der Waals surface area contributed by atoms with Crippen molar-refractivity contribution in [3.63, 3.8) is 0 Å². The lowest BCUT2D eigenvalue weighted by Gasteiger charge is -2.45. The summed E-state index contributed by atoms with van der Waals surface area (Å²) in [7, 11) is 0. The third-order valence-electron chi connectivity index (χ3n) is 5.17. The SMILES string of the molecule is CCCC1CCC(N)C(N2CCN(CC(C)C)CC2)C1. The molecule has 118 valence electrons. The normalized spacial score (nSPS) is 33.8. The van der Waals surface area contributed by atoms with Crippen LogP contribution in [0.4, 0.5) is 0 Å². The molecule has 2 N–H and O–H groups in total. The van der Waals surface area contributed by atoms with E-state index in [0.29, 0.717) is 12.1 Å². The van der Waals surface area contributed by atoms with E-state index in [9.17, 15) is 0 Å². The van der Waals surface area contributed by atoms with Crippen LogP contribution in [0.5, 0.6) is 0 Å². The topological polar surface area (TPSA) is 32.5 Å². The molecule has 0 bridgehead atoms. The maximum absolute atomic E-state index is 6.43. The summed E-state index contributed by atoms with van der Waals surface area (Å²) < 4.78 is 0. The highest BCUT2D eigenvalue weighted by molar-refractivity contribution is 4.91. The van der Waals surface area contributed by atoms with E-state index in [0.717, 1.165) is 11.8 Å². The Balaban J connectivity index is 1.82. The molecular formula is C17H35N3. The Kier molecular flexibility index (Phi) is 6.31. The zero-order chi connectivity index (χ0) is 14.5. The van der Waals surface area contributed by atoms with Crippen molar-refractivity contribution < 1.29 is 0 Å². The smallest absolute Gasteiger partial charge is 0.0250 e. The van der Waals surface area contributed by atoms with Crippen molar-refractivity contribution in [1.29, 1.82) is 0 Å². The molecule has 0 amide bonds. The summed E-state index contributed by atoms with van der Waals surface area (Å²) in [4.78, 5) is 5.32. The van der Waals surface area contributed by atoms with Gasteiger partial charge in [-0.2, -0.15) is 0 Å². The molecule has 0 aromatic heterocycles. The van der Waals surface area contributed by atoms with E-state index in [4.69, 9.17) is 5.73 Å². The number of hydrogen-bond acceptors (Lipinski definition) is 3. The molecule has 2 fully saturated rings. The van der Waals surface area contributed by atoms with Gasteiger partial charge in [0, 0.05) is 44.8 Å². The molecule has 1 heterocycles. The first kappa shape index (κ1) is 16.3. The summed E-state index contributed by atoms with van der Waals surface area (Å²) in [5.41, 5.74) is 6.43. The fourth-order valence-corrected chi connectivity index (χ4v) is 4.14. The molecule has 3 atom stereocenters. The second-order valence-corrected chi connectivity index (χ2v) is 7.43. The van der Waals surface area contributed by atoms with Gasteiger partial charge in [-0.25, -0.2) is 0 Å². The summed E-state index contributed by atoms with van der Waals surface area (Å²) in [6, 6.07) is 1.07. The largest absolute Gasteiger partial charge is 0.326 e. The zero-order valence-electron chi connectivity index (χ0n) is 13.9. The lowest BCUT2D eigenvalue weighted by molar-refractivity contribution is 0.0511. The number of nitrogens with zero attached hydrogens (tertiary/aromatic N) is 2. The summed E-state index contributed by atoms with van der Waals surface area (Å²) in [5.74, 6) is 1.71. The van der Waals surface area contributed by atoms with Gasteiger partial charge in [0.15, 0.2) is 0 Å². The summed E-state index contributed by atoms with van der Waals surface area (Å²) in [5, 5.41) is 0. The second-order valence-electron chi connectivity index (χ2n) is 7.43. The van der Waals surface area contributed by atoms with Crippen LogP contribution in [0.25, 0.3) is 0 Å². The van der Waals surface area contributed by atoms with E-state index in [-0.39, 0.29) is 0 Å². The Morgan fingerprint density at radius 1 is 1.10 bits per heavy atom. The molecule has 20 heavy (non-hydrogen) atoms. The number of rotatable bonds is 5. The maximum atomic E-state index is 6.43. The predicted octanol–water partition coefficient (Wildman–Crippen LogP) is 2.56. The van der Waals surface area contributed by atoms with Crippen molar-refractivity contribution in [1.82, 2.24) is 9.80 Å². The summed E-state index contributed by atoms with van der Waals surface area (Å²) in [6.45, 7) is 13.1. The van der Waals surface area contributed by atoms with Crippen LogP contribution in [-0.2, 0) is 0 Å².